The summed E-state index contributed by atoms with van der Waals surface area (Å²) < 4.78 is 21.1. The van der Waals surface area contributed by atoms with Crippen LogP contribution in [0.1, 0.15) is 136 Å². The van der Waals surface area contributed by atoms with Gasteiger partial charge in [0.2, 0.25) is 0 Å². The first-order valence-corrected chi connectivity index (χ1v) is 20.5. The SMILES string of the molecule is CN(CCNCCc1cn(C2CCCCO2)nc1[C@H]1CC[C@@H](O[Si](C)(C)C(C)(C)C)C2(CCCCC2)C1)C(=O)OC(C)(C)C. The summed E-state index contributed by atoms with van der Waals surface area (Å²) in [4.78, 5) is 14.0. The number of aromatic nitrogens is 2. The number of carbonyl (C=O) groups excluding carboxylic acids is 1. The molecule has 1 N–H and O–H groups in total. The molecule has 2 heterocycles. The van der Waals surface area contributed by atoms with Crippen molar-refractivity contribution in [1.29, 1.82) is 0 Å². The Balaban J connectivity index is 1.46. The van der Waals surface area contributed by atoms with Crippen LogP contribution in [0.15, 0.2) is 6.20 Å². The van der Waals surface area contributed by atoms with E-state index in [1.165, 1.54) is 56.2 Å². The molecule has 1 spiro atoms. The third-order valence-corrected chi connectivity index (χ3v) is 15.3. The molecule has 1 unspecified atom stereocenters. The van der Waals surface area contributed by atoms with E-state index in [0.717, 1.165) is 51.8 Å². The predicted molar refractivity (Wildman–Crippen MR) is 181 cm³/mol. The van der Waals surface area contributed by atoms with Crippen molar-refractivity contribution in [2.45, 2.75) is 161 Å². The van der Waals surface area contributed by atoms with Crippen molar-refractivity contribution in [1.82, 2.24) is 20.0 Å². The van der Waals surface area contributed by atoms with Crippen LogP contribution in [-0.4, -0.2) is 74.1 Å². The number of amides is 1. The van der Waals surface area contributed by atoms with E-state index in [-0.39, 0.29) is 22.8 Å². The van der Waals surface area contributed by atoms with Crippen LogP contribution in [0.3, 0.4) is 0 Å². The number of hydrogen-bond acceptors (Lipinski definition) is 6. The van der Waals surface area contributed by atoms with Crippen molar-refractivity contribution in [3.63, 3.8) is 0 Å². The summed E-state index contributed by atoms with van der Waals surface area (Å²) in [6.45, 7) is 20.7. The third-order valence-electron chi connectivity index (χ3n) is 10.8. The van der Waals surface area contributed by atoms with E-state index in [1.807, 2.05) is 20.8 Å². The molecule has 0 bridgehead atoms. The zero-order chi connectivity index (χ0) is 32.2. The lowest BCUT2D eigenvalue weighted by atomic mass is 9.60. The summed E-state index contributed by atoms with van der Waals surface area (Å²) in [6, 6.07) is 0. The maximum absolute atomic E-state index is 12.3. The van der Waals surface area contributed by atoms with E-state index >= 15 is 0 Å². The first-order valence-electron chi connectivity index (χ1n) is 17.6. The van der Waals surface area contributed by atoms with Crippen LogP contribution in [-0.2, 0) is 20.3 Å². The topological polar surface area (TPSA) is 77.9 Å². The minimum atomic E-state index is -1.86. The molecule has 252 valence electrons. The molecular formula is C35H64N4O4Si. The van der Waals surface area contributed by atoms with Crippen molar-refractivity contribution < 1.29 is 18.7 Å². The van der Waals surface area contributed by atoms with Crippen LogP contribution >= 0.6 is 0 Å². The number of carbonyl (C=O) groups is 1. The fourth-order valence-electron chi connectivity index (χ4n) is 7.20. The Morgan fingerprint density at radius 3 is 2.43 bits per heavy atom. The molecule has 1 aromatic rings. The van der Waals surface area contributed by atoms with E-state index in [1.54, 1.807) is 11.9 Å². The van der Waals surface area contributed by atoms with Gasteiger partial charge in [-0.3, -0.25) is 0 Å². The molecule has 44 heavy (non-hydrogen) atoms. The van der Waals surface area contributed by atoms with Gasteiger partial charge in [-0.2, -0.15) is 5.10 Å². The van der Waals surface area contributed by atoms with Gasteiger partial charge in [0.25, 0.3) is 0 Å². The molecule has 0 radical (unpaired) electrons. The summed E-state index contributed by atoms with van der Waals surface area (Å²) in [6.07, 6.45) is 16.8. The summed E-state index contributed by atoms with van der Waals surface area (Å²) in [5.41, 5.74) is 2.43. The van der Waals surface area contributed by atoms with E-state index in [9.17, 15) is 4.79 Å². The van der Waals surface area contributed by atoms with Crippen LogP contribution in [0.2, 0.25) is 18.1 Å². The van der Waals surface area contributed by atoms with Gasteiger partial charge in [-0.25, -0.2) is 9.48 Å². The molecule has 2 aliphatic carbocycles. The van der Waals surface area contributed by atoms with Crippen LogP contribution in [0.5, 0.6) is 0 Å². The maximum atomic E-state index is 12.3. The van der Waals surface area contributed by atoms with E-state index in [4.69, 9.17) is 19.0 Å². The highest BCUT2D eigenvalue weighted by Crippen LogP contribution is 2.55. The normalized spacial score (nSPS) is 24.8. The van der Waals surface area contributed by atoms with Crippen LogP contribution < -0.4 is 5.32 Å². The lowest BCUT2D eigenvalue weighted by Gasteiger charge is -2.52. The standard InChI is InChI=1S/C35H64N4O4Si/c1-33(2,3)42-32(40)38(7)23-22-36-21-18-28-26-39(30-15-11-14-24-41-30)37-31(28)27-16-17-29(43-44(8,9)34(4,5)6)35(25-27)19-12-10-13-20-35/h26-27,29-30,36H,10-25H2,1-9H3/t27-,29+,30?/m0/s1. The Kier molecular flexibility index (Phi) is 11.7. The van der Waals surface area contributed by atoms with Crippen molar-refractivity contribution >= 4 is 14.4 Å². The molecule has 3 aliphatic rings. The molecule has 1 saturated heterocycles. The first kappa shape index (κ1) is 35.4. The minimum absolute atomic E-state index is 0.0496. The van der Waals surface area contributed by atoms with Crippen molar-refractivity contribution in [2.75, 3.05) is 33.3 Å². The number of nitrogens with zero attached hydrogens (tertiary/aromatic N) is 3. The molecule has 3 atom stereocenters. The number of ether oxygens (including phenoxy) is 2. The minimum Gasteiger partial charge on any atom is -0.444 e. The zero-order valence-corrected chi connectivity index (χ0v) is 30.6. The number of hydrogen-bond donors (Lipinski definition) is 1. The summed E-state index contributed by atoms with van der Waals surface area (Å²) in [5.74, 6) is 0.463. The second-order valence-corrected chi connectivity index (χ2v) is 21.3. The number of rotatable bonds is 10. The summed E-state index contributed by atoms with van der Waals surface area (Å²) >= 11 is 0. The van der Waals surface area contributed by atoms with Crippen LogP contribution in [0.25, 0.3) is 0 Å². The van der Waals surface area contributed by atoms with Crippen LogP contribution in [0, 0.1) is 5.41 Å². The molecule has 9 heteroatoms. The zero-order valence-electron chi connectivity index (χ0n) is 29.6. The Hall–Kier alpha value is -1.42. The predicted octanol–water partition coefficient (Wildman–Crippen LogP) is 8.19. The molecule has 4 rings (SSSR count). The monoisotopic (exact) mass is 632 g/mol. The molecule has 2 saturated carbocycles. The molecule has 1 aliphatic heterocycles. The molecule has 8 nitrogen and oxygen atoms in total. The molecule has 1 amide bonds. The second-order valence-electron chi connectivity index (χ2n) is 16.5. The van der Waals surface area contributed by atoms with Gasteiger partial charge in [0.05, 0.1) is 11.8 Å². The van der Waals surface area contributed by atoms with Crippen molar-refractivity contribution in [3.05, 3.63) is 17.5 Å². The Labute approximate surface area is 269 Å². The average Bonchev–Trinajstić information content (AvgIpc) is 3.37. The van der Waals surface area contributed by atoms with Gasteiger partial charge in [0.1, 0.15) is 11.8 Å². The summed E-state index contributed by atoms with van der Waals surface area (Å²) in [7, 11) is -0.0629. The molecule has 0 aromatic carbocycles. The van der Waals surface area contributed by atoms with Gasteiger partial charge in [-0.15, -0.1) is 0 Å². The number of nitrogens with one attached hydrogen (secondary N) is 1. The van der Waals surface area contributed by atoms with Gasteiger partial charge >= 0.3 is 6.09 Å². The van der Waals surface area contributed by atoms with Gasteiger partial charge < -0.3 is 24.1 Å². The van der Waals surface area contributed by atoms with E-state index < -0.39 is 13.9 Å². The maximum Gasteiger partial charge on any atom is 0.410 e. The average molecular weight is 633 g/mol. The van der Waals surface area contributed by atoms with Gasteiger partial charge in [0.15, 0.2) is 8.32 Å². The summed E-state index contributed by atoms with van der Waals surface area (Å²) in [5, 5.41) is 9.12. The van der Waals surface area contributed by atoms with E-state index in [0.29, 0.717) is 18.6 Å². The largest absolute Gasteiger partial charge is 0.444 e. The first-order chi connectivity index (χ1) is 20.6. The lowest BCUT2D eigenvalue weighted by molar-refractivity contribution is -0.0420. The lowest BCUT2D eigenvalue weighted by Crippen LogP contribution is -2.52. The van der Waals surface area contributed by atoms with Gasteiger partial charge in [-0.1, -0.05) is 40.0 Å². The van der Waals surface area contributed by atoms with Gasteiger partial charge in [-0.05, 0) is 114 Å². The smallest absolute Gasteiger partial charge is 0.410 e. The van der Waals surface area contributed by atoms with Crippen LogP contribution in [0.4, 0.5) is 4.79 Å². The highest BCUT2D eigenvalue weighted by Gasteiger charge is 2.50. The Morgan fingerprint density at radius 2 is 1.80 bits per heavy atom. The highest BCUT2D eigenvalue weighted by molar-refractivity contribution is 6.74. The molecular weight excluding hydrogens is 568 g/mol. The fraction of sp³-hybridized carbons (Fsp3) is 0.886. The molecule has 1 aromatic heterocycles. The van der Waals surface area contributed by atoms with Crippen molar-refractivity contribution in [3.8, 4) is 0 Å². The highest BCUT2D eigenvalue weighted by atomic mass is 28.4. The quantitative estimate of drug-likeness (QED) is 0.207. The van der Waals surface area contributed by atoms with E-state index in [2.05, 4.69) is 50.1 Å². The molecule has 3 fully saturated rings. The Bertz CT molecular complexity index is 1060. The fourth-order valence-corrected chi connectivity index (χ4v) is 8.63. The van der Waals surface area contributed by atoms with Gasteiger partial charge in [0, 0.05) is 38.9 Å². The Morgan fingerprint density at radius 1 is 1.07 bits per heavy atom. The third kappa shape index (κ3) is 9.10. The number of likely N-dealkylation sites (N-methyl/N-ethyl adjacent to an activating group) is 1. The van der Waals surface area contributed by atoms with Crippen molar-refractivity contribution in [2.24, 2.45) is 5.41 Å². The second kappa shape index (κ2) is 14.6.